The van der Waals surface area contributed by atoms with Crippen LogP contribution in [0.5, 0.6) is 0 Å². The third-order valence-corrected chi connectivity index (χ3v) is 3.33. The Bertz CT molecular complexity index is 224. The topological polar surface area (TPSA) is 9.72 Å². The zero-order valence-corrected chi connectivity index (χ0v) is 12.1. The molecular formula is C13H27F2N3. The van der Waals surface area contributed by atoms with Crippen LogP contribution >= 0.6 is 0 Å². The van der Waals surface area contributed by atoms with Gasteiger partial charge in [-0.15, -0.1) is 0 Å². The van der Waals surface area contributed by atoms with Crippen molar-refractivity contribution in [2.24, 2.45) is 5.92 Å². The summed E-state index contributed by atoms with van der Waals surface area (Å²) in [6, 6.07) is 0. The van der Waals surface area contributed by atoms with Crippen molar-refractivity contribution < 1.29 is 8.78 Å². The van der Waals surface area contributed by atoms with Crippen LogP contribution in [0.2, 0.25) is 0 Å². The lowest BCUT2D eigenvalue weighted by atomic mass is 10.1. The van der Waals surface area contributed by atoms with E-state index in [0.717, 1.165) is 5.92 Å². The molecule has 0 radical (unpaired) electrons. The summed E-state index contributed by atoms with van der Waals surface area (Å²) >= 11 is 0. The molecule has 0 spiro atoms. The summed E-state index contributed by atoms with van der Waals surface area (Å²) in [5.41, 5.74) is 0. The second kappa shape index (κ2) is 6.78. The second-order valence-corrected chi connectivity index (χ2v) is 6.01. The minimum absolute atomic E-state index is 0.0625. The molecule has 0 aliphatic carbocycles. The zero-order chi connectivity index (χ0) is 13.8. The van der Waals surface area contributed by atoms with Crippen molar-refractivity contribution in [3.05, 3.63) is 0 Å². The van der Waals surface area contributed by atoms with Gasteiger partial charge in [0.1, 0.15) is 0 Å². The zero-order valence-electron chi connectivity index (χ0n) is 12.1. The lowest BCUT2D eigenvalue weighted by Crippen LogP contribution is -2.53. The third-order valence-electron chi connectivity index (χ3n) is 3.33. The van der Waals surface area contributed by atoms with Gasteiger partial charge in [-0.1, -0.05) is 6.92 Å². The molecule has 3 rings (SSSR count). The molecule has 0 amide bonds. The Hall–Kier alpha value is -0.260. The van der Waals surface area contributed by atoms with E-state index in [4.69, 9.17) is 0 Å². The molecular weight excluding hydrogens is 236 g/mol. The Kier molecular flexibility index (Phi) is 5.95. The average Bonchev–Trinajstić information content (AvgIpc) is 2.12. The maximum absolute atomic E-state index is 11.7. The first-order valence-electron chi connectivity index (χ1n) is 6.72. The van der Waals surface area contributed by atoms with Crippen LogP contribution in [0.1, 0.15) is 13.3 Å². The first kappa shape index (κ1) is 15.8. The Labute approximate surface area is 110 Å². The molecule has 3 saturated heterocycles. The monoisotopic (exact) mass is 263 g/mol. The fraction of sp³-hybridized carbons (Fsp3) is 1.00. The summed E-state index contributed by atoms with van der Waals surface area (Å²) in [6.45, 7) is 7.40. The molecule has 0 atom stereocenters. The van der Waals surface area contributed by atoms with E-state index in [2.05, 4.69) is 30.8 Å². The van der Waals surface area contributed by atoms with Crippen LogP contribution in [0.3, 0.4) is 0 Å². The summed E-state index contributed by atoms with van der Waals surface area (Å²) in [7, 11) is 5.97. The van der Waals surface area contributed by atoms with Crippen LogP contribution in [0, 0.1) is 5.92 Å². The highest BCUT2D eigenvalue weighted by atomic mass is 19.3. The van der Waals surface area contributed by atoms with Crippen molar-refractivity contribution in [2.45, 2.75) is 19.3 Å². The summed E-state index contributed by atoms with van der Waals surface area (Å²) < 4.78 is 23.5. The molecule has 0 aromatic rings. The van der Waals surface area contributed by atoms with Gasteiger partial charge in [-0.05, 0) is 46.6 Å². The second-order valence-electron chi connectivity index (χ2n) is 6.01. The molecule has 0 aromatic carbocycles. The van der Waals surface area contributed by atoms with Gasteiger partial charge in [0.2, 0.25) is 0 Å². The first-order chi connectivity index (χ1) is 8.28. The average molecular weight is 263 g/mol. The van der Waals surface area contributed by atoms with Gasteiger partial charge in [0.05, 0.1) is 13.1 Å². The van der Waals surface area contributed by atoms with Gasteiger partial charge >= 0.3 is 0 Å². The molecule has 3 aliphatic heterocycles. The van der Waals surface area contributed by atoms with Crippen LogP contribution in [-0.4, -0.2) is 81.0 Å². The highest BCUT2D eigenvalue weighted by Gasteiger charge is 2.41. The van der Waals surface area contributed by atoms with Crippen LogP contribution < -0.4 is 0 Å². The van der Waals surface area contributed by atoms with E-state index >= 15 is 0 Å². The molecule has 18 heavy (non-hydrogen) atoms. The Morgan fingerprint density at radius 1 is 0.889 bits per heavy atom. The van der Waals surface area contributed by atoms with Gasteiger partial charge in [-0.25, -0.2) is 8.78 Å². The van der Waals surface area contributed by atoms with E-state index < -0.39 is 5.92 Å². The normalized spacial score (nSPS) is 27.7. The fourth-order valence-corrected chi connectivity index (χ4v) is 2.23. The van der Waals surface area contributed by atoms with E-state index in [1.54, 1.807) is 11.9 Å². The maximum Gasteiger partial charge on any atom is 0.272 e. The summed E-state index contributed by atoms with van der Waals surface area (Å²) in [5, 5.41) is 0. The van der Waals surface area contributed by atoms with E-state index in [0.29, 0.717) is 0 Å². The molecule has 5 heteroatoms. The summed E-state index contributed by atoms with van der Waals surface area (Å²) in [5.74, 6) is -1.41. The molecule has 3 nitrogen and oxygen atoms in total. The molecule has 0 N–H and O–H groups in total. The van der Waals surface area contributed by atoms with E-state index in [9.17, 15) is 8.78 Å². The highest BCUT2D eigenvalue weighted by Crippen LogP contribution is 2.24. The van der Waals surface area contributed by atoms with Crippen molar-refractivity contribution >= 4 is 0 Å². The summed E-state index contributed by atoms with van der Waals surface area (Å²) in [6.07, 6.45) is 1.41. The van der Waals surface area contributed by atoms with Crippen molar-refractivity contribution in [2.75, 3.05) is 60.4 Å². The maximum atomic E-state index is 11.7. The first-order valence-corrected chi connectivity index (χ1v) is 6.72. The van der Waals surface area contributed by atoms with Gasteiger partial charge in [-0.3, -0.25) is 4.90 Å². The molecule has 0 unspecified atom stereocenters. The van der Waals surface area contributed by atoms with Crippen LogP contribution in [0.15, 0.2) is 0 Å². The Morgan fingerprint density at radius 2 is 1.33 bits per heavy atom. The van der Waals surface area contributed by atoms with Crippen molar-refractivity contribution in [3.63, 3.8) is 0 Å². The molecule has 0 aromatic heterocycles. The number of halogens is 2. The molecule has 0 bridgehead atoms. The van der Waals surface area contributed by atoms with Crippen LogP contribution in [0.4, 0.5) is 8.78 Å². The molecule has 3 aliphatic rings. The van der Waals surface area contributed by atoms with Crippen LogP contribution in [0.25, 0.3) is 0 Å². The van der Waals surface area contributed by atoms with Gasteiger partial charge in [0.15, 0.2) is 0 Å². The number of nitrogens with zero attached hydrogens (tertiary/aromatic N) is 3. The van der Waals surface area contributed by atoms with Gasteiger partial charge in [-0.2, -0.15) is 0 Å². The minimum atomic E-state index is -2.38. The minimum Gasteiger partial charge on any atom is -0.306 e. The SMILES string of the molecule is CC1CN(C)C1.CN1CC(F)(F)C1.CN1CCC1. The van der Waals surface area contributed by atoms with Crippen molar-refractivity contribution in [3.8, 4) is 0 Å². The number of alkyl halides is 2. The quantitative estimate of drug-likeness (QED) is 0.655. The Balaban J connectivity index is 0.000000137. The summed E-state index contributed by atoms with van der Waals surface area (Å²) in [4.78, 5) is 6.21. The van der Waals surface area contributed by atoms with Crippen molar-refractivity contribution in [1.82, 2.24) is 14.7 Å². The van der Waals surface area contributed by atoms with Crippen molar-refractivity contribution in [1.29, 1.82) is 0 Å². The van der Waals surface area contributed by atoms with E-state index in [1.807, 2.05) is 0 Å². The largest absolute Gasteiger partial charge is 0.306 e. The smallest absolute Gasteiger partial charge is 0.272 e. The van der Waals surface area contributed by atoms with E-state index in [1.165, 1.54) is 32.6 Å². The third kappa shape index (κ3) is 6.07. The van der Waals surface area contributed by atoms with Gasteiger partial charge in [0.25, 0.3) is 5.92 Å². The fourth-order valence-electron chi connectivity index (χ4n) is 2.23. The number of hydrogen-bond acceptors (Lipinski definition) is 3. The molecule has 3 fully saturated rings. The van der Waals surface area contributed by atoms with Crippen LogP contribution in [-0.2, 0) is 0 Å². The lowest BCUT2D eigenvalue weighted by Gasteiger charge is -2.35. The molecule has 0 saturated carbocycles. The number of hydrogen-bond donors (Lipinski definition) is 0. The number of rotatable bonds is 0. The molecule has 108 valence electrons. The standard InChI is InChI=1S/C5H11N.C4H7F2N.C4H9N/c1-5-3-6(2)4-5;1-7-2-4(5,6)3-7;1-5-3-2-4-5/h5H,3-4H2,1-2H3;2-3H2,1H3;2-4H2,1H3. The van der Waals surface area contributed by atoms with E-state index in [-0.39, 0.29) is 13.1 Å². The number of likely N-dealkylation sites (tertiary alicyclic amines) is 3. The van der Waals surface area contributed by atoms with Gasteiger partial charge < -0.3 is 9.80 Å². The highest BCUT2D eigenvalue weighted by molar-refractivity contribution is 4.83. The van der Waals surface area contributed by atoms with Gasteiger partial charge in [0, 0.05) is 13.1 Å². The predicted octanol–water partition coefficient (Wildman–Crippen LogP) is 1.46. The molecule has 3 heterocycles. The predicted molar refractivity (Wildman–Crippen MR) is 71.2 cm³/mol. The Morgan fingerprint density at radius 3 is 1.33 bits per heavy atom. The lowest BCUT2D eigenvalue weighted by molar-refractivity contribution is -0.119.